The van der Waals surface area contributed by atoms with Crippen LogP contribution in [0.3, 0.4) is 0 Å². The lowest BCUT2D eigenvalue weighted by Crippen LogP contribution is -2.18. The van der Waals surface area contributed by atoms with Gasteiger partial charge in [0.1, 0.15) is 6.33 Å². The second-order valence-electron chi connectivity index (χ2n) is 1.78. The van der Waals surface area contributed by atoms with Gasteiger partial charge in [-0.15, -0.1) is 10.2 Å². The summed E-state index contributed by atoms with van der Waals surface area (Å²) < 4.78 is 5.64. The van der Waals surface area contributed by atoms with Gasteiger partial charge >= 0.3 is 5.97 Å². The number of aromatic nitrogens is 3. The molecule has 60 valence electrons. The van der Waals surface area contributed by atoms with E-state index in [1.165, 1.54) is 6.33 Å². The van der Waals surface area contributed by atoms with Crippen LogP contribution in [0.1, 0.15) is 17.5 Å². The third-order valence-electron chi connectivity index (χ3n) is 1.03. The number of hydrogen-bond acceptors (Lipinski definition) is 5. The summed E-state index contributed by atoms with van der Waals surface area (Å²) in [7, 11) is 0. The van der Waals surface area contributed by atoms with Gasteiger partial charge in [-0.1, -0.05) is 0 Å². The Labute approximate surface area is 62.9 Å². The van der Waals surface area contributed by atoms with Gasteiger partial charge in [-0.05, 0) is 6.92 Å². The molecule has 1 heterocycles. The molecule has 0 bridgehead atoms. The first kappa shape index (κ1) is 7.52. The number of rotatable bonds is 2. The van der Waals surface area contributed by atoms with Crippen LogP contribution < -0.4 is 5.84 Å². The number of nitrogen functional groups attached to an aromatic ring is 1. The molecule has 0 aliphatic heterocycles. The Morgan fingerprint density at radius 1 is 1.91 bits per heavy atom. The Hall–Kier alpha value is -1.59. The van der Waals surface area contributed by atoms with Gasteiger partial charge in [0.05, 0.1) is 6.61 Å². The molecule has 1 aromatic rings. The Balaban J connectivity index is 2.76. The van der Waals surface area contributed by atoms with Crippen LogP contribution in [0.4, 0.5) is 0 Å². The summed E-state index contributed by atoms with van der Waals surface area (Å²) in [6, 6.07) is 0. The van der Waals surface area contributed by atoms with Gasteiger partial charge in [-0.25, -0.2) is 9.47 Å². The van der Waals surface area contributed by atoms with Gasteiger partial charge in [0.2, 0.25) is 0 Å². The zero-order valence-electron chi connectivity index (χ0n) is 6.02. The summed E-state index contributed by atoms with van der Waals surface area (Å²) in [6.07, 6.45) is 1.23. The predicted octanol–water partition coefficient (Wildman–Crippen LogP) is -0.831. The molecule has 0 unspecified atom stereocenters. The van der Waals surface area contributed by atoms with E-state index in [1.807, 2.05) is 0 Å². The number of ether oxygens (including phenoxy) is 1. The van der Waals surface area contributed by atoms with E-state index in [0.29, 0.717) is 6.61 Å². The van der Waals surface area contributed by atoms with Crippen LogP contribution in [0, 0.1) is 0 Å². The molecule has 0 spiro atoms. The van der Waals surface area contributed by atoms with Gasteiger partial charge in [0, 0.05) is 0 Å². The summed E-state index contributed by atoms with van der Waals surface area (Å²) in [5, 5.41) is 6.86. The van der Waals surface area contributed by atoms with Crippen molar-refractivity contribution in [2.75, 3.05) is 12.4 Å². The lowest BCUT2D eigenvalue weighted by Gasteiger charge is -1.98. The van der Waals surface area contributed by atoms with Crippen molar-refractivity contribution in [1.82, 2.24) is 14.9 Å². The van der Waals surface area contributed by atoms with Crippen molar-refractivity contribution >= 4 is 5.97 Å². The Kier molecular flexibility index (Phi) is 2.05. The highest BCUT2D eigenvalue weighted by Crippen LogP contribution is 1.92. The topological polar surface area (TPSA) is 83.0 Å². The molecule has 0 amide bonds. The van der Waals surface area contributed by atoms with Crippen LogP contribution in [-0.2, 0) is 4.74 Å². The molecule has 0 aromatic carbocycles. The molecule has 0 aliphatic rings. The van der Waals surface area contributed by atoms with Gasteiger partial charge in [0.25, 0.3) is 5.82 Å². The van der Waals surface area contributed by atoms with Crippen molar-refractivity contribution in [3.63, 3.8) is 0 Å². The zero-order chi connectivity index (χ0) is 8.27. The average molecular weight is 156 g/mol. The van der Waals surface area contributed by atoms with Gasteiger partial charge in [0.15, 0.2) is 0 Å². The van der Waals surface area contributed by atoms with Crippen LogP contribution in [0.15, 0.2) is 6.33 Å². The minimum absolute atomic E-state index is 0.00634. The van der Waals surface area contributed by atoms with Crippen LogP contribution >= 0.6 is 0 Å². The fraction of sp³-hybridized carbons (Fsp3) is 0.400. The highest BCUT2D eigenvalue weighted by molar-refractivity contribution is 5.85. The Bertz CT molecular complexity index is 257. The second kappa shape index (κ2) is 3.00. The fourth-order valence-electron chi connectivity index (χ4n) is 0.584. The van der Waals surface area contributed by atoms with Crippen molar-refractivity contribution in [2.24, 2.45) is 0 Å². The van der Waals surface area contributed by atoms with E-state index in [4.69, 9.17) is 5.84 Å². The van der Waals surface area contributed by atoms with E-state index in [1.54, 1.807) is 6.92 Å². The Morgan fingerprint density at radius 2 is 2.64 bits per heavy atom. The molecule has 11 heavy (non-hydrogen) atoms. The third kappa shape index (κ3) is 1.46. The van der Waals surface area contributed by atoms with Crippen molar-refractivity contribution < 1.29 is 9.53 Å². The minimum Gasteiger partial charge on any atom is -0.460 e. The first-order valence-electron chi connectivity index (χ1n) is 3.08. The molecule has 0 saturated heterocycles. The molecular weight excluding hydrogens is 148 g/mol. The number of carbonyl (C=O) groups excluding carboxylic acids is 1. The molecule has 0 radical (unpaired) electrons. The fourth-order valence-corrected chi connectivity index (χ4v) is 0.584. The molecule has 0 saturated carbocycles. The number of nitrogens with zero attached hydrogens (tertiary/aromatic N) is 3. The lowest BCUT2D eigenvalue weighted by atomic mass is 10.6. The van der Waals surface area contributed by atoms with Crippen molar-refractivity contribution in [3.05, 3.63) is 12.2 Å². The number of esters is 1. The summed E-state index contributed by atoms with van der Waals surface area (Å²) in [5.41, 5.74) is 0. The third-order valence-corrected chi connectivity index (χ3v) is 1.03. The van der Waals surface area contributed by atoms with E-state index in [-0.39, 0.29) is 5.82 Å². The van der Waals surface area contributed by atoms with Crippen LogP contribution in [-0.4, -0.2) is 27.4 Å². The maximum absolute atomic E-state index is 10.9. The maximum Gasteiger partial charge on any atom is 0.378 e. The first-order chi connectivity index (χ1) is 5.25. The lowest BCUT2D eigenvalue weighted by molar-refractivity contribution is 0.0508. The molecule has 0 atom stereocenters. The summed E-state index contributed by atoms with van der Waals surface area (Å²) in [5.74, 6) is 4.71. The second-order valence-corrected chi connectivity index (χ2v) is 1.78. The molecule has 2 N–H and O–H groups in total. The first-order valence-corrected chi connectivity index (χ1v) is 3.08. The Morgan fingerprint density at radius 3 is 3.09 bits per heavy atom. The molecular formula is C5H8N4O2. The van der Waals surface area contributed by atoms with E-state index >= 15 is 0 Å². The normalized spacial score (nSPS) is 9.55. The number of hydrogen-bond donors (Lipinski definition) is 1. The molecule has 6 nitrogen and oxygen atoms in total. The van der Waals surface area contributed by atoms with E-state index in [2.05, 4.69) is 14.9 Å². The van der Waals surface area contributed by atoms with Crippen molar-refractivity contribution in [2.45, 2.75) is 6.92 Å². The van der Waals surface area contributed by atoms with E-state index < -0.39 is 5.97 Å². The number of nitrogens with two attached hydrogens (primary N) is 1. The summed E-state index contributed by atoms with van der Waals surface area (Å²) in [4.78, 5) is 10.9. The molecule has 1 rings (SSSR count). The minimum atomic E-state index is -0.563. The van der Waals surface area contributed by atoms with Crippen LogP contribution in [0.5, 0.6) is 0 Å². The van der Waals surface area contributed by atoms with Gasteiger partial charge in [-0.2, -0.15) is 0 Å². The van der Waals surface area contributed by atoms with E-state index in [9.17, 15) is 4.79 Å². The molecule has 0 aliphatic carbocycles. The smallest absolute Gasteiger partial charge is 0.378 e. The molecule has 6 heteroatoms. The monoisotopic (exact) mass is 156 g/mol. The largest absolute Gasteiger partial charge is 0.460 e. The van der Waals surface area contributed by atoms with Crippen molar-refractivity contribution in [1.29, 1.82) is 0 Å². The predicted molar refractivity (Wildman–Crippen MR) is 36.1 cm³/mol. The van der Waals surface area contributed by atoms with Gasteiger partial charge < -0.3 is 10.6 Å². The average Bonchev–Trinajstić information content (AvgIpc) is 2.36. The number of carbonyl (C=O) groups is 1. The van der Waals surface area contributed by atoms with Gasteiger partial charge in [-0.3, -0.25) is 0 Å². The van der Waals surface area contributed by atoms with E-state index in [0.717, 1.165) is 4.68 Å². The highest BCUT2D eigenvalue weighted by Gasteiger charge is 2.12. The molecule has 0 fully saturated rings. The quantitative estimate of drug-likeness (QED) is 0.446. The summed E-state index contributed by atoms with van der Waals surface area (Å²) in [6.45, 7) is 2.00. The maximum atomic E-state index is 10.9. The van der Waals surface area contributed by atoms with Crippen LogP contribution in [0.25, 0.3) is 0 Å². The standard InChI is InChI=1S/C5H8N4O2/c1-2-11-5(10)4-8-7-3-9(4)6/h3H,2,6H2,1H3. The highest BCUT2D eigenvalue weighted by atomic mass is 16.5. The van der Waals surface area contributed by atoms with Crippen LogP contribution in [0.2, 0.25) is 0 Å². The zero-order valence-corrected chi connectivity index (χ0v) is 6.02. The van der Waals surface area contributed by atoms with Crippen molar-refractivity contribution in [3.8, 4) is 0 Å². The molecule has 1 aromatic heterocycles. The SMILES string of the molecule is CCOC(=O)c1nncn1N. The summed E-state index contributed by atoms with van der Waals surface area (Å²) >= 11 is 0.